The highest BCUT2D eigenvalue weighted by Gasteiger charge is 2.16. The second-order valence-electron chi connectivity index (χ2n) is 4.83. The van der Waals surface area contributed by atoms with Crippen LogP contribution in [-0.4, -0.2) is 14.8 Å². The van der Waals surface area contributed by atoms with Crippen molar-refractivity contribution < 1.29 is 0 Å². The summed E-state index contributed by atoms with van der Waals surface area (Å²) >= 11 is 5.14. The van der Waals surface area contributed by atoms with E-state index in [1.807, 2.05) is 20.0 Å². The Morgan fingerprint density at radius 3 is 2.75 bits per heavy atom. The van der Waals surface area contributed by atoms with Crippen LogP contribution in [0.1, 0.15) is 30.2 Å². The maximum Gasteiger partial charge on any atom is 0.138 e. The molecule has 0 radical (unpaired) electrons. The van der Waals surface area contributed by atoms with Gasteiger partial charge < -0.3 is 11.1 Å². The fourth-order valence-electron chi connectivity index (χ4n) is 2.35. The van der Waals surface area contributed by atoms with Crippen LogP contribution < -0.4 is 11.1 Å². The molecule has 106 valence electrons. The molecule has 0 saturated heterocycles. The molecular formula is C15H20N4S. The largest absolute Gasteiger partial charge is 0.389 e. The molecule has 0 unspecified atom stereocenters. The average Bonchev–Trinajstić information content (AvgIpc) is 2.67. The fourth-order valence-corrected chi connectivity index (χ4v) is 2.60. The molecule has 1 heterocycles. The van der Waals surface area contributed by atoms with Crippen LogP contribution in [0.15, 0.2) is 24.3 Å². The van der Waals surface area contributed by atoms with Crippen molar-refractivity contribution in [3.05, 3.63) is 41.1 Å². The molecule has 0 fully saturated rings. The molecule has 0 aliphatic heterocycles. The lowest BCUT2D eigenvalue weighted by atomic mass is 10.1. The van der Waals surface area contributed by atoms with Gasteiger partial charge in [-0.1, -0.05) is 43.8 Å². The van der Waals surface area contributed by atoms with E-state index >= 15 is 0 Å². The first-order valence-corrected chi connectivity index (χ1v) is 7.13. The lowest BCUT2D eigenvalue weighted by molar-refractivity contribution is 0.764. The minimum absolute atomic E-state index is 0.367. The lowest BCUT2D eigenvalue weighted by Gasteiger charge is -2.13. The number of aromatic nitrogens is 2. The third-order valence-corrected chi connectivity index (χ3v) is 3.46. The van der Waals surface area contributed by atoms with Gasteiger partial charge in [0.05, 0.1) is 11.3 Å². The highest BCUT2D eigenvalue weighted by molar-refractivity contribution is 7.80. The van der Waals surface area contributed by atoms with Crippen molar-refractivity contribution in [1.82, 2.24) is 9.78 Å². The van der Waals surface area contributed by atoms with Crippen molar-refractivity contribution in [2.75, 3.05) is 5.32 Å². The molecule has 3 N–H and O–H groups in total. The van der Waals surface area contributed by atoms with E-state index in [0.717, 1.165) is 35.6 Å². The SMILES string of the molecule is CCCc1ccccc1Nc1c(C(N)=S)c(C)nn1C. The Kier molecular flexibility index (Phi) is 4.39. The molecule has 0 aliphatic carbocycles. The van der Waals surface area contributed by atoms with E-state index in [-0.39, 0.29) is 0 Å². The van der Waals surface area contributed by atoms with Crippen LogP contribution in [0.5, 0.6) is 0 Å². The van der Waals surface area contributed by atoms with Crippen LogP contribution in [-0.2, 0) is 13.5 Å². The number of benzene rings is 1. The van der Waals surface area contributed by atoms with Crippen molar-refractivity contribution in [2.45, 2.75) is 26.7 Å². The molecule has 2 rings (SSSR count). The minimum Gasteiger partial charge on any atom is -0.389 e. The van der Waals surface area contributed by atoms with Gasteiger partial charge in [0.2, 0.25) is 0 Å². The molecule has 2 aromatic rings. The molecule has 0 bridgehead atoms. The average molecular weight is 288 g/mol. The van der Waals surface area contributed by atoms with E-state index in [1.54, 1.807) is 4.68 Å². The van der Waals surface area contributed by atoms with E-state index in [2.05, 4.69) is 35.5 Å². The normalized spacial score (nSPS) is 10.6. The molecule has 1 aromatic heterocycles. The monoisotopic (exact) mass is 288 g/mol. The first kappa shape index (κ1) is 14.5. The molecule has 0 amide bonds. The van der Waals surface area contributed by atoms with Gasteiger partial charge in [-0.25, -0.2) is 0 Å². The minimum atomic E-state index is 0.367. The number of para-hydroxylation sites is 1. The number of rotatable bonds is 5. The summed E-state index contributed by atoms with van der Waals surface area (Å²) in [6, 6.07) is 8.27. The molecule has 0 aliphatic rings. The Hall–Kier alpha value is -1.88. The third kappa shape index (κ3) is 2.82. The van der Waals surface area contributed by atoms with E-state index in [1.165, 1.54) is 5.56 Å². The van der Waals surface area contributed by atoms with Crippen LogP contribution in [0.3, 0.4) is 0 Å². The molecule has 0 saturated carbocycles. The summed E-state index contributed by atoms with van der Waals surface area (Å²) in [5.74, 6) is 0.846. The maximum absolute atomic E-state index is 5.82. The summed E-state index contributed by atoms with van der Waals surface area (Å²) in [6.45, 7) is 4.09. The molecule has 0 spiro atoms. The third-order valence-electron chi connectivity index (χ3n) is 3.26. The first-order valence-electron chi connectivity index (χ1n) is 6.73. The Morgan fingerprint density at radius 1 is 1.40 bits per heavy atom. The second kappa shape index (κ2) is 6.05. The Bertz CT molecular complexity index is 631. The van der Waals surface area contributed by atoms with Gasteiger partial charge in [0.25, 0.3) is 0 Å². The standard InChI is InChI=1S/C15H20N4S/c1-4-7-11-8-5-6-9-12(11)17-15-13(14(16)20)10(2)18-19(15)3/h5-6,8-9,17H,4,7H2,1-3H3,(H2,16,20). The number of anilines is 2. The van der Waals surface area contributed by atoms with Crippen molar-refractivity contribution >= 4 is 28.7 Å². The van der Waals surface area contributed by atoms with Crippen LogP contribution in [0, 0.1) is 6.92 Å². The topological polar surface area (TPSA) is 55.9 Å². The van der Waals surface area contributed by atoms with E-state index in [4.69, 9.17) is 18.0 Å². The van der Waals surface area contributed by atoms with E-state index in [9.17, 15) is 0 Å². The Balaban J connectivity index is 2.43. The highest BCUT2D eigenvalue weighted by atomic mass is 32.1. The molecular weight excluding hydrogens is 268 g/mol. The van der Waals surface area contributed by atoms with Gasteiger partial charge >= 0.3 is 0 Å². The molecule has 20 heavy (non-hydrogen) atoms. The number of nitrogens with two attached hydrogens (primary N) is 1. The molecule has 5 heteroatoms. The predicted octanol–water partition coefficient (Wildman–Crippen LogP) is 3.06. The van der Waals surface area contributed by atoms with Gasteiger partial charge in [0.1, 0.15) is 10.8 Å². The zero-order chi connectivity index (χ0) is 14.7. The van der Waals surface area contributed by atoms with Gasteiger partial charge in [-0.2, -0.15) is 5.10 Å². The number of hydrogen-bond acceptors (Lipinski definition) is 3. The number of hydrogen-bond donors (Lipinski definition) is 2. The number of thiocarbonyl (C=S) groups is 1. The molecule has 0 atom stereocenters. The van der Waals surface area contributed by atoms with Crippen LogP contribution in [0.25, 0.3) is 0 Å². The number of nitrogens with one attached hydrogen (secondary N) is 1. The van der Waals surface area contributed by atoms with E-state index < -0.39 is 0 Å². The van der Waals surface area contributed by atoms with Crippen molar-refractivity contribution in [3.63, 3.8) is 0 Å². The highest BCUT2D eigenvalue weighted by Crippen LogP contribution is 2.26. The van der Waals surface area contributed by atoms with Gasteiger partial charge in [-0.15, -0.1) is 0 Å². The van der Waals surface area contributed by atoms with Crippen LogP contribution in [0.2, 0.25) is 0 Å². The van der Waals surface area contributed by atoms with E-state index in [0.29, 0.717) is 4.99 Å². The smallest absolute Gasteiger partial charge is 0.138 e. The van der Waals surface area contributed by atoms with Crippen LogP contribution in [0.4, 0.5) is 11.5 Å². The number of aryl methyl sites for hydroxylation is 3. The van der Waals surface area contributed by atoms with Gasteiger partial charge in [0.15, 0.2) is 0 Å². The van der Waals surface area contributed by atoms with Gasteiger partial charge in [-0.3, -0.25) is 4.68 Å². The Labute approximate surface area is 125 Å². The fraction of sp³-hybridized carbons (Fsp3) is 0.333. The quantitative estimate of drug-likeness (QED) is 0.830. The summed E-state index contributed by atoms with van der Waals surface area (Å²) in [5, 5.41) is 7.82. The zero-order valence-corrected chi connectivity index (χ0v) is 12.9. The summed E-state index contributed by atoms with van der Waals surface area (Å²) < 4.78 is 1.78. The van der Waals surface area contributed by atoms with Crippen molar-refractivity contribution in [1.29, 1.82) is 0 Å². The van der Waals surface area contributed by atoms with Gasteiger partial charge in [-0.05, 0) is 25.0 Å². The summed E-state index contributed by atoms with van der Waals surface area (Å²) in [6.07, 6.45) is 2.13. The predicted molar refractivity (Wildman–Crippen MR) is 87.6 cm³/mol. The number of nitrogens with zero attached hydrogens (tertiary/aromatic N) is 2. The lowest BCUT2D eigenvalue weighted by Crippen LogP contribution is -2.13. The Morgan fingerprint density at radius 2 is 2.10 bits per heavy atom. The van der Waals surface area contributed by atoms with Crippen molar-refractivity contribution in [2.24, 2.45) is 12.8 Å². The summed E-state index contributed by atoms with van der Waals surface area (Å²) in [5.41, 5.74) is 9.83. The first-order chi connectivity index (χ1) is 9.54. The van der Waals surface area contributed by atoms with Gasteiger partial charge in [0, 0.05) is 12.7 Å². The van der Waals surface area contributed by atoms with Crippen molar-refractivity contribution in [3.8, 4) is 0 Å². The van der Waals surface area contributed by atoms with Crippen LogP contribution >= 0.6 is 12.2 Å². The zero-order valence-electron chi connectivity index (χ0n) is 12.1. The second-order valence-corrected chi connectivity index (χ2v) is 5.27. The molecule has 1 aromatic carbocycles. The summed E-state index contributed by atoms with van der Waals surface area (Å²) in [4.78, 5) is 0.367. The molecule has 4 nitrogen and oxygen atoms in total. The maximum atomic E-state index is 5.82. The summed E-state index contributed by atoms with van der Waals surface area (Å²) in [7, 11) is 1.89.